The molecule has 0 atom stereocenters. The summed E-state index contributed by atoms with van der Waals surface area (Å²) in [6, 6.07) is 17.5. The molecule has 8 heteroatoms. The Bertz CT molecular complexity index is 1110. The van der Waals surface area contributed by atoms with Crippen molar-refractivity contribution in [3.63, 3.8) is 0 Å². The maximum absolute atomic E-state index is 12.0. The van der Waals surface area contributed by atoms with Crippen molar-refractivity contribution in [2.45, 2.75) is 13.8 Å². The number of aryl methyl sites for hydroxylation is 2. The van der Waals surface area contributed by atoms with E-state index in [1.54, 1.807) is 24.3 Å². The molecule has 31 heavy (non-hydrogen) atoms. The number of hydrazone groups is 1. The minimum atomic E-state index is -0.444. The number of ether oxygens (including phenoxy) is 1. The van der Waals surface area contributed by atoms with Gasteiger partial charge in [-0.2, -0.15) is 15.3 Å². The Morgan fingerprint density at radius 2 is 1.71 bits per heavy atom. The van der Waals surface area contributed by atoms with E-state index in [0.717, 1.165) is 11.1 Å². The van der Waals surface area contributed by atoms with Gasteiger partial charge in [-0.25, -0.2) is 5.43 Å². The standard InChI is InChI=1S/C23H21ClN4O3/c1-15-10-20(11-16(2)23(15)24)31-14-22(30)28-25-13-17-12-19(8-9-21(17)29)27-26-18-6-4-3-5-7-18/h3-13,29H,14H2,1-2H3,(H,28,30)/b25-13+,27-26?. The summed E-state index contributed by atoms with van der Waals surface area (Å²) in [5.41, 5.74) is 5.73. The zero-order valence-corrected chi connectivity index (χ0v) is 17.8. The van der Waals surface area contributed by atoms with E-state index >= 15 is 0 Å². The predicted molar refractivity (Wildman–Crippen MR) is 121 cm³/mol. The molecule has 0 unspecified atom stereocenters. The maximum Gasteiger partial charge on any atom is 0.277 e. The number of phenols is 1. The van der Waals surface area contributed by atoms with E-state index < -0.39 is 5.91 Å². The van der Waals surface area contributed by atoms with Gasteiger partial charge in [0, 0.05) is 10.6 Å². The van der Waals surface area contributed by atoms with Crippen LogP contribution in [0.2, 0.25) is 5.02 Å². The third-order valence-corrected chi connectivity index (χ3v) is 4.82. The van der Waals surface area contributed by atoms with Crippen molar-refractivity contribution in [1.82, 2.24) is 5.43 Å². The normalized spacial score (nSPS) is 11.2. The summed E-state index contributed by atoms with van der Waals surface area (Å²) < 4.78 is 5.48. The van der Waals surface area contributed by atoms with Crippen LogP contribution in [0.4, 0.5) is 11.4 Å². The number of hydrogen-bond donors (Lipinski definition) is 2. The van der Waals surface area contributed by atoms with Crippen LogP contribution >= 0.6 is 11.6 Å². The Labute approximate surface area is 185 Å². The SMILES string of the molecule is Cc1cc(OCC(=O)N/N=C/c2cc(N=Nc3ccccc3)ccc2O)cc(C)c1Cl. The molecule has 3 rings (SSSR count). The Morgan fingerprint density at radius 3 is 2.42 bits per heavy atom. The molecule has 0 fully saturated rings. The number of halogens is 1. The zero-order valence-electron chi connectivity index (χ0n) is 17.0. The summed E-state index contributed by atoms with van der Waals surface area (Å²) in [6.07, 6.45) is 1.32. The van der Waals surface area contributed by atoms with Crippen LogP contribution in [0.3, 0.4) is 0 Å². The van der Waals surface area contributed by atoms with Crippen LogP contribution in [0.15, 0.2) is 76.0 Å². The highest BCUT2D eigenvalue weighted by Gasteiger charge is 2.06. The topological polar surface area (TPSA) is 95.6 Å². The van der Waals surface area contributed by atoms with Gasteiger partial charge < -0.3 is 9.84 Å². The molecule has 0 aromatic heterocycles. The molecule has 2 N–H and O–H groups in total. The third kappa shape index (κ3) is 6.38. The van der Waals surface area contributed by atoms with E-state index in [1.165, 1.54) is 12.3 Å². The van der Waals surface area contributed by atoms with Gasteiger partial charge in [0.2, 0.25) is 0 Å². The van der Waals surface area contributed by atoms with Crippen LogP contribution in [0, 0.1) is 13.8 Å². The number of aromatic hydroxyl groups is 1. The lowest BCUT2D eigenvalue weighted by Gasteiger charge is -2.09. The van der Waals surface area contributed by atoms with Crippen LogP contribution in [0.5, 0.6) is 11.5 Å². The van der Waals surface area contributed by atoms with Crippen LogP contribution in [0.1, 0.15) is 16.7 Å². The first-order valence-corrected chi connectivity index (χ1v) is 9.81. The van der Waals surface area contributed by atoms with E-state index in [2.05, 4.69) is 20.8 Å². The summed E-state index contributed by atoms with van der Waals surface area (Å²) in [5.74, 6) is 0.105. The second-order valence-electron chi connectivity index (χ2n) is 6.73. The fraction of sp³-hybridized carbons (Fsp3) is 0.130. The van der Waals surface area contributed by atoms with Gasteiger partial charge in [0.1, 0.15) is 11.5 Å². The summed E-state index contributed by atoms with van der Waals surface area (Å²) in [6.45, 7) is 3.52. The number of carbonyl (C=O) groups excluding carboxylic acids is 1. The molecule has 7 nitrogen and oxygen atoms in total. The number of benzene rings is 3. The second kappa shape index (κ2) is 10.4. The lowest BCUT2D eigenvalue weighted by atomic mass is 10.1. The molecule has 3 aromatic carbocycles. The summed E-state index contributed by atoms with van der Waals surface area (Å²) >= 11 is 6.13. The Kier molecular flexibility index (Phi) is 7.35. The summed E-state index contributed by atoms with van der Waals surface area (Å²) in [5, 5.41) is 22.8. The molecule has 0 aliphatic heterocycles. The Morgan fingerprint density at radius 1 is 1.03 bits per heavy atom. The van der Waals surface area contributed by atoms with Crippen molar-refractivity contribution in [3.8, 4) is 11.5 Å². The highest BCUT2D eigenvalue weighted by Crippen LogP contribution is 2.26. The number of nitrogens with one attached hydrogen (secondary N) is 1. The highest BCUT2D eigenvalue weighted by molar-refractivity contribution is 6.32. The second-order valence-corrected chi connectivity index (χ2v) is 7.11. The number of hydrogen-bond acceptors (Lipinski definition) is 6. The predicted octanol–water partition coefficient (Wildman–Crippen LogP) is 5.61. The van der Waals surface area contributed by atoms with Gasteiger partial charge in [-0.1, -0.05) is 29.8 Å². The number of azo groups is 1. The van der Waals surface area contributed by atoms with Gasteiger partial charge in [0.25, 0.3) is 5.91 Å². The number of phenolic OH excluding ortho intramolecular Hbond substituents is 1. The van der Waals surface area contributed by atoms with Crippen molar-refractivity contribution < 1.29 is 14.6 Å². The molecule has 0 aliphatic rings. The molecule has 0 radical (unpaired) electrons. The van der Waals surface area contributed by atoms with Gasteiger partial charge in [-0.3, -0.25) is 4.79 Å². The van der Waals surface area contributed by atoms with Gasteiger partial charge in [0.05, 0.1) is 17.6 Å². The molecule has 0 heterocycles. The van der Waals surface area contributed by atoms with Crippen LogP contribution in [-0.4, -0.2) is 23.8 Å². The summed E-state index contributed by atoms with van der Waals surface area (Å²) in [4.78, 5) is 12.0. The highest BCUT2D eigenvalue weighted by atomic mass is 35.5. The minimum Gasteiger partial charge on any atom is -0.507 e. The molecule has 0 aliphatic carbocycles. The van der Waals surface area contributed by atoms with Gasteiger partial charge in [0.15, 0.2) is 6.61 Å². The molecule has 0 saturated heterocycles. The smallest absolute Gasteiger partial charge is 0.277 e. The first kappa shape index (κ1) is 22.0. The summed E-state index contributed by atoms with van der Waals surface area (Å²) in [7, 11) is 0. The molecule has 0 spiro atoms. The van der Waals surface area contributed by atoms with E-state index in [-0.39, 0.29) is 12.4 Å². The van der Waals surface area contributed by atoms with E-state index in [1.807, 2.05) is 44.2 Å². The largest absolute Gasteiger partial charge is 0.507 e. The third-order valence-electron chi connectivity index (χ3n) is 4.22. The number of amides is 1. The quantitative estimate of drug-likeness (QED) is 0.286. The first-order chi connectivity index (χ1) is 14.9. The molecule has 0 saturated carbocycles. The lowest BCUT2D eigenvalue weighted by molar-refractivity contribution is -0.123. The van der Waals surface area contributed by atoms with Gasteiger partial charge in [-0.15, -0.1) is 0 Å². The average Bonchev–Trinajstić information content (AvgIpc) is 2.77. The Balaban J connectivity index is 1.57. The number of nitrogens with zero attached hydrogens (tertiary/aromatic N) is 3. The Hall–Kier alpha value is -3.71. The van der Waals surface area contributed by atoms with E-state index in [0.29, 0.717) is 27.7 Å². The van der Waals surface area contributed by atoms with Crippen LogP contribution < -0.4 is 10.2 Å². The van der Waals surface area contributed by atoms with Crippen molar-refractivity contribution in [1.29, 1.82) is 0 Å². The van der Waals surface area contributed by atoms with Gasteiger partial charge in [-0.05, 0) is 67.4 Å². The van der Waals surface area contributed by atoms with Crippen molar-refractivity contribution >= 4 is 35.1 Å². The fourth-order valence-electron chi connectivity index (χ4n) is 2.66. The molecular formula is C23H21ClN4O3. The maximum atomic E-state index is 12.0. The number of rotatable bonds is 7. The van der Waals surface area contributed by atoms with Crippen molar-refractivity contribution in [2.24, 2.45) is 15.3 Å². The molecule has 3 aromatic rings. The average molecular weight is 437 g/mol. The number of carbonyl (C=O) groups is 1. The minimum absolute atomic E-state index is 0.0000229. The fourth-order valence-corrected chi connectivity index (χ4v) is 2.77. The van der Waals surface area contributed by atoms with Crippen LogP contribution in [-0.2, 0) is 4.79 Å². The van der Waals surface area contributed by atoms with Crippen LogP contribution in [0.25, 0.3) is 0 Å². The van der Waals surface area contributed by atoms with Crippen molar-refractivity contribution in [3.05, 3.63) is 82.4 Å². The van der Waals surface area contributed by atoms with E-state index in [9.17, 15) is 9.90 Å². The lowest BCUT2D eigenvalue weighted by Crippen LogP contribution is -2.24. The molecular weight excluding hydrogens is 416 g/mol. The van der Waals surface area contributed by atoms with Crippen molar-refractivity contribution in [2.75, 3.05) is 6.61 Å². The molecule has 0 bridgehead atoms. The molecule has 158 valence electrons. The molecule has 1 amide bonds. The first-order valence-electron chi connectivity index (χ1n) is 9.43. The monoisotopic (exact) mass is 436 g/mol. The zero-order chi connectivity index (χ0) is 22.2. The van der Waals surface area contributed by atoms with E-state index in [4.69, 9.17) is 16.3 Å². The van der Waals surface area contributed by atoms with Gasteiger partial charge >= 0.3 is 0 Å².